The predicted molar refractivity (Wildman–Crippen MR) is 74.0 cm³/mol. The summed E-state index contributed by atoms with van der Waals surface area (Å²) in [4.78, 5) is 11.9. The van der Waals surface area contributed by atoms with Crippen molar-refractivity contribution in [1.29, 1.82) is 0 Å². The molecule has 1 atom stereocenters. The van der Waals surface area contributed by atoms with E-state index < -0.39 is 0 Å². The van der Waals surface area contributed by atoms with E-state index in [1.165, 1.54) is 12.8 Å². The Hall–Kier alpha value is -1.06. The maximum Gasteiger partial charge on any atom is 0.252 e. The first-order valence-corrected chi connectivity index (χ1v) is 6.88. The van der Waals surface area contributed by atoms with Gasteiger partial charge in [0, 0.05) is 6.54 Å². The van der Waals surface area contributed by atoms with Gasteiger partial charge in [-0.2, -0.15) is 0 Å². The summed E-state index contributed by atoms with van der Waals surface area (Å²) in [6.07, 6.45) is 3.53. The van der Waals surface area contributed by atoms with Gasteiger partial charge in [-0.3, -0.25) is 4.79 Å². The van der Waals surface area contributed by atoms with E-state index in [0.717, 1.165) is 26.1 Å². The van der Waals surface area contributed by atoms with Gasteiger partial charge in [0.2, 0.25) is 0 Å². The smallest absolute Gasteiger partial charge is 0.252 e. The van der Waals surface area contributed by atoms with Crippen LogP contribution in [0.3, 0.4) is 0 Å². The first-order valence-electron chi connectivity index (χ1n) is 6.51. The zero-order valence-electron chi connectivity index (χ0n) is 10.4. The summed E-state index contributed by atoms with van der Waals surface area (Å²) in [6, 6.07) is 7.14. The minimum atomic E-state index is -0.0793. The number of rotatable bonds is 4. The maximum atomic E-state index is 11.9. The van der Waals surface area contributed by atoms with E-state index in [2.05, 4.69) is 10.6 Å². The van der Waals surface area contributed by atoms with Crippen LogP contribution in [-0.4, -0.2) is 25.5 Å². The Labute approximate surface area is 113 Å². The van der Waals surface area contributed by atoms with Crippen LogP contribution in [0, 0.1) is 5.92 Å². The van der Waals surface area contributed by atoms with Crippen molar-refractivity contribution in [3.63, 3.8) is 0 Å². The van der Waals surface area contributed by atoms with Crippen LogP contribution in [0.2, 0.25) is 5.02 Å². The van der Waals surface area contributed by atoms with E-state index in [1.807, 2.05) is 12.1 Å². The van der Waals surface area contributed by atoms with Crippen LogP contribution in [0.1, 0.15) is 29.6 Å². The Morgan fingerprint density at radius 1 is 1.44 bits per heavy atom. The van der Waals surface area contributed by atoms with E-state index >= 15 is 0 Å². The van der Waals surface area contributed by atoms with E-state index in [1.54, 1.807) is 12.1 Å². The molecule has 0 aliphatic carbocycles. The van der Waals surface area contributed by atoms with Crippen LogP contribution < -0.4 is 10.6 Å². The summed E-state index contributed by atoms with van der Waals surface area (Å²) in [6.45, 7) is 2.92. The summed E-state index contributed by atoms with van der Waals surface area (Å²) in [5, 5.41) is 6.82. The first kappa shape index (κ1) is 13.4. The molecule has 2 N–H and O–H groups in total. The van der Waals surface area contributed by atoms with Crippen molar-refractivity contribution in [2.24, 2.45) is 5.92 Å². The Kier molecular flexibility index (Phi) is 5.02. The van der Waals surface area contributed by atoms with E-state index in [9.17, 15) is 4.79 Å². The molecule has 1 saturated heterocycles. The van der Waals surface area contributed by atoms with Gasteiger partial charge in [-0.15, -0.1) is 0 Å². The zero-order chi connectivity index (χ0) is 12.8. The largest absolute Gasteiger partial charge is 0.352 e. The monoisotopic (exact) mass is 266 g/mol. The molecular formula is C14H19ClN2O. The fourth-order valence-electron chi connectivity index (χ4n) is 2.30. The average Bonchev–Trinajstić information content (AvgIpc) is 2.40. The lowest BCUT2D eigenvalue weighted by atomic mass is 9.96. The second-order valence-electron chi connectivity index (χ2n) is 4.74. The van der Waals surface area contributed by atoms with Crippen molar-refractivity contribution in [2.45, 2.75) is 19.3 Å². The molecule has 1 unspecified atom stereocenters. The van der Waals surface area contributed by atoms with Crippen molar-refractivity contribution in [1.82, 2.24) is 10.6 Å². The molecule has 2 rings (SSSR count). The maximum absolute atomic E-state index is 11.9. The van der Waals surface area contributed by atoms with Crippen LogP contribution >= 0.6 is 11.6 Å². The van der Waals surface area contributed by atoms with Crippen LogP contribution in [0.25, 0.3) is 0 Å². The molecule has 0 aromatic heterocycles. The third-order valence-electron chi connectivity index (χ3n) is 3.36. The molecule has 0 saturated carbocycles. The fraction of sp³-hybridized carbons (Fsp3) is 0.500. The molecule has 1 aromatic carbocycles. The number of benzene rings is 1. The molecule has 0 bridgehead atoms. The second-order valence-corrected chi connectivity index (χ2v) is 5.14. The lowest BCUT2D eigenvalue weighted by Gasteiger charge is -2.22. The summed E-state index contributed by atoms with van der Waals surface area (Å²) >= 11 is 5.98. The molecule has 1 aromatic rings. The fourth-order valence-corrected chi connectivity index (χ4v) is 2.52. The number of hydrogen-bond donors (Lipinski definition) is 2. The van der Waals surface area contributed by atoms with E-state index in [0.29, 0.717) is 16.5 Å². The quantitative estimate of drug-likeness (QED) is 0.879. The van der Waals surface area contributed by atoms with Gasteiger partial charge in [0.15, 0.2) is 0 Å². The minimum absolute atomic E-state index is 0.0793. The summed E-state index contributed by atoms with van der Waals surface area (Å²) in [7, 11) is 0. The van der Waals surface area contributed by atoms with E-state index in [4.69, 9.17) is 11.6 Å². The van der Waals surface area contributed by atoms with Gasteiger partial charge in [0.25, 0.3) is 5.91 Å². The lowest BCUT2D eigenvalue weighted by Crippen LogP contribution is -2.33. The molecule has 18 heavy (non-hydrogen) atoms. The second kappa shape index (κ2) is 6.76. The summed E-state index contributed by atoms with van der Waals surface area (Å²) in [5.74, 6) is 0.606. The molecule has 0 radical (unpaired) electrons. The SMILES string of the molecule is O=C(NCCC1CCCNC1)c1ccccc1Cl. The molecule has 1 fully saturated rings. The van der Waals surface area contributed by atoms with Crippen molar-refractivity contribution in [3.8, 4) is 0 Å². The lowest BCUT2D eigenvalue weighted by molar-refractivity contribution is 0.0951. The number of amides is 1. The van der Waals surface area contributed by atoms with Crippen LogP contribution in [0.5, 0.6) is 0 Å². The minimum Gasteiger partial charge on any atom is -0.352 e. The molecule has 3 nitrogen and oxygen atoms in total. The highest BCUT2D eigenvalue weighted by Crippen LogP contribution is 2.15. The molecular weight excluding hydrogens is 248 g/mol. The van der Waals surface area contributed by atoms with Crippen LogP contribution in [-0.2, 0) is 0 Å². The number of carbonyl (C=O) groups excluding carboxylic acids is 1. The number of halogens is 1. The van der Waals surface area contributed by atoms with Gasteiger partial charge in [-0.25, -0.2) is 0 Å². The highest BCUT2D eigenvalue weighted by Gasteiger charge is 2.14. The first-order chi connectivity index (χ1) is 8.77. The third kappa shape index (κ3) is 3.72. The average molecular weight is 267 g/mol. The van der Waals surface area contributed by atoms with Crippen LogP contribution in [0.4, 0.5) is 0 Å². The number of hydrogen-bond acceptors (Lipinski definition) is 2. The van der Waals surface area contributed by atoms with Crippen molar-refractivity contribution >= 4 is 17.5 Å². The standard InChI is InChI=1S/C14H19ClN2O/c15-13-6-2-1-5-12(13)14(18)17-9-7-11-4-3-8-16-10-11/h1-2,5-6,11,16H,3-4,7-10H2,(H,17,18). The Balaban J connectivity index is 1.76. The highest BCUT2D eigenvalue weighted by atomic mass is 35.5. The number of nitrogens with one attached hydrogen (secondary N) is 2. The molecule has 1 aliphatic rings. The van der Waals surface area contributed by atoms with Crippen LogP contribution in [0.15, 0.2) is 24.3 Å². The van der Waals surface area contributed by atoms with Gasteiger partial charge in [-0.1, -0.05) is 23.7 Å². The van der Waals surface area contributed by atoms with E-state index in [-0.39, 0.29) is 5.91 Å². The molecule has 1 heterocycles. The predicted octanol–water partition coefficient (Wildman–Crippen LogP) is 2.46. The van der Waals surface area contributed by atoms with Crippen molar-refractivity contribution in [2.75, 3.05) is 19.6 Å². The highest BCUT2D eigenvalue weighted by molar-refractivity contribution is 6.33. The molecule has 1 amide bonds. The summed E-state index contributed by atoms with van der Waals surface area (Å²) in [5.41, 5.74) is 0.556. The van der Waals surface area contributed by atoms with Gasteiger partial charge >= 0.3 is 0 Å². The summed E-state index contributed by atoms with van der Waals surface area (Å²) < 4.78 is 0. The number of piperidine rings is 1. The Morgan fingerprint density at radius 3 is 3.00 bits per heavy atom. The molecule has 4 heteroatoms. The topological polar surface area (TPSA) is 41.1 Å². The third-order valence-corrected chi connectivity index (χ3v) is 3.69. The van der Waals surface area contributed by atoms with Crippen molar-refractivity contribution < 1.29 is 4.79 Å². The Bertz CT molecular complexity index is 403. The van der Waals surface area contributed by atoms with Gasteiger partial charge in [-0.05, 0) is 50.4 Å². The van der Waals surface area contributed by atoms with Gasteiger partial charge in [0.05, 0.1) is 10.6 Å². The zero-order valence-corrected chi connectivity index (χ0v) is 11.2. The van der Waals surface area contributed by atoms with Gasteiger partial charge < -0.3 is 10.6 Å². The van der Waals surface area contributed by atoms with Crippen molar-refractivity contribution in [3.05, 3.63) is 34.9 Å². The Morgan fingerprint density at radius 2 is 2.28 bits per heavy atom. The van der Waals surface area contributed by atoms with Gasteiger partial charge in [0.1, 0.15) is 0 Å². The number of carbonyl (C=O) groups is 1. The molecule has 0 spiro atoms. The molecule has 98 valence electrons. The normalized spacial score (nSPS) is 19.5. The molecule has 1 aliphatic heterocycles.